The van der Waals surface area contributed by atoms with Gasteiger partial charge in [0.2, 0.25) is 15.9 Å². The highest BCUT2D eigenvalue weighted by Crippen LogP contribution is 2.19. The molecule has 0 fully saturated rings. The van der Waals surface area contributed by atoms with Crippen LogP contribution in [0.15, 0.2) is 36.4 Å². The average Bonchev–Trinajstić information content (AvgIpc) is 2.45. The molecule has 1 aromatic rings. The van der Waals surface area contributed by atoms with Crippen LogP contribution in [0.4, 0.5) is 5.69 Å². The summed E-state index contributed by atoms with van der Waals surface area (Å²) in [4.78, 5) is 12.1. The highest BCUT2D eigenvalue weighted by molar-refractivity contribution is 7.92. The average molecular weight is 308 g/mol. The van der Waals surface area contributed by atoms with Crippen molar-refractivity contribution in [2.45, 2.75) is 25.8 Å². The van der Waals surface area contributed by atoms with Gasteiger partial charge in [-0.1, -0.05) is 30.4 Å². The maximum Gasteiger partial charge on any atom is 0.229 e. The third-order valence-corrected chi connectivity index (χ3v) is 4.00. The highest BCUT2D eigenvalue weighted by Gasteiger charge is 2.18. The smallest absolute Gasteiger partial charge is 0.229 e. The normalized spacial score (nSPS) is 18.2. The third kappa shape index (κ3) is 4.90. The zero-order chi connectivity index (χ0) is 15.3. The number of sulfonamides is 1. The zero-order valence-electron chi connectivity index (χ0n) is 12.0. The summed E-state index contributed by atoms with van der Waals surface area (Å²) in [7, 11) is -3.33. The maximum atomic E-state index is 12.1. The second-order valence-corrected chi connectivity index (χ2v) is 6.98. The van der Waals surface area contributed by atoms with E-state index in [-0.39, 0.29) is 11.8 Å². The molecule has 0 unspecified atom stereocenters. The molecular formula is C15H20N2O3S. The van der Waals surface area contributed by atoms with Gasteiger partial charge in [0.1, 0.15) is 0 Å². The number of benzene rings is 1. The first-order valence-electron chi connectivity index (χ1n) is 6.94. The molecule has 1 aliphatic rings. The SMILES string of the molecule is CS(=O)(=O)Nc1ccccc1CNC(=O)[C@H]1CC=CCC1. The Morgan fingerprint density at radius 3 is 2.71 bits per heavy atom. The Morgan fingerprint density at radius 2 is 2.05 bits per heavy atom. The van der Waals surface area contributed by atoms with E-state index in [1.54, 1.807) is 18.2 Å². The number of nitrogens with one attached hydrogen (secondary N) is 2. The fraction of sp³-hybridized carbons (Fsp3) is 0.400. The fourth-order valence-electron chi connectivity index (χ4n) is 2.33. The number of allylic oxidation sites excluding steroid dienone is 2. The molecular weight excluding hydrogens is 288 g/mol. The highest BCUT2D eigenvalue weighted by atomic mass is 32.2. The van der Waals surface area contributed by atoms with Crippen LogP contribution in [0.5, 0.6) is 0 Å². The molecule has 0 aliphatic heterocycles. The van der Waals surface area contributed by atoms with Crippen LogP contribution in [-0.4, -0.2) is 20.6 Å². The van der Waals surface area contributed by atoms with Crippen LogP contribution in [0.2, 0.25) is 0 Å². The van der Waals surface area contributed by atoms with Crippen molar-refractivity contribution in [1.82, 2.24) is 5.32 Å². The minimum atomic E-state index is -3.33. The first-order chi connectivity index (χ1) is 9.96. The van der Waals surface area contributed by atoms with Gasteiger partial charge in [0.05, 0.1) is 11.9 Å². The van der Waals surface area contributed by atoms with Crippen molar-refractivity contribution in [2.75, 3.05) is 11.0 Å². The molecule has 0 spiro atoms. The topological polar surface area (TPSA) is 75.3 Å². The molecule has 1 aliphatic carbocycles. The predicted molar refractivity (Wildman–Crippen MR) is 83.2 cm³/mol. The van der Waals surface area contributed by atoms with Gasteiger partial charge in [-0.3, -0.25) is 9.52 Å². The van der Waals surface area contributed by atoms with Crippen molar-refractivity contribution in [1.29, 1.82) is 0 Å². The molecule has 1 aromatic carbocycles. The summed E-state index contributed by atoms with van der Waals surface area (Å²) in [5.41, 5.74) is 1.26. The monoisotopic (exact) mass is 308 g/mol. The van der Waals surface area contributed by atoms with E-state index in [0.717, 1.165) is 31.1 Å². The van der Waals surface area contributed by atoms with Crippen molar-refractivity contribution in [3.05, 3.63) is 42.0 Å². The number of carbonyl (C=O) groups excluding carboxylic acids is 1. The Morgan fingerprint density at radius 1 is 1.29 bits per heavy atom. The molecule has 5 nitrogen and oxygen atoms in total. The minimum absolute atomic E-state index is 0.0185. The summed E-state index contributed by atoms with van der Waals surface area (Å²) in [6.45, 7) is 0.317. The lowest BCUT2D eigenvalue weighted by Gasteiger charge is -2.18. The Hall–Kier alpha value is -1.82. The molecule has 0 radical (unpaired) electrons. The molecule has 0 heterocycles. The fourth-order valence-corrected chi connectivity index (χ4v) is 2.93. The van der Waals surface area contributed by atoms with E-state index < -0.39 is 10.0 Å². The van der Waals surface area contributed by atoms with E-state index in [4.69, 9.17) is 0 Å². The van der Waals surface area contributed by atoms with Gasteiger partial charge in [0.25, 0.3) is 0 Å². The number of para-hydroxylation sites is 1. The summed E-state index contributed by atoms with van der Waals surface area (Å²) >= 11 is 0. The Kier molecular flexibility index (Phi) is 5.01. The van der Waals surface area contributed by atoms with Crippen LogP contribution in [0, 0.1) is 5.92 Å². The number of amides is 1. The van der Waals surface area contributed by atoms with Crippen LogP contribution in [-0.2, 0) is 21.4 Å². The van der Waals surface area contributed by atoms with Crippen LogP contribution >= 0.6 is 0 Å². The first kappa shape index (κ1) is 15.6. The number of carbonyl (C=O) groups is 1. The van der Waals surface area contributed by atoms with Gasteiger partial charge in [-0.25, -0.2) is 8.42 Å². The summed E-state index contributed by atoms with van der Waals surface area (Å²) in [6, 6.07) is 7.06. The number of hydrogen-bond acceptors (Lipinski definition) is 3. The van der Waals surface area contributed by atoms with Gasteiger partial charge < -0.3 is 5.32 Å². The summed E-state index contributed by atoms with van der Waals surface area (Å²) in [6.07, 6.45) is 7.81. The lowest BCUT2D eigenvalue weighted by molar-refractivity contribution is -0.125. The number of hydrogen-bond donors (Lipinski definition) is 2. The van der Waals surface area contributed by atoms with E-state index in [1.165, 1.54) is 0 Å². The second-order valence-electron chi connectivity index (χ2n) is 5.23. The van der Waals surface area contributed by atoms with Crippen molar-refractivity contribution in [3.63, 3.8) is 0 Å². The van der Waals surface area contributed by atoms with E-state index in [2.05, 4.69) is 16.1 Å². The summed E-state index contributed by atoms with van der Waals surface area (Å²) in [5.74, 6) is 0.0403. The maximum absolute atomic E-state index is 12.1. The van der Waals surface area contributed by atoms with E-state index in [1.807, 2.05) is 12.1 Å². The lowest BCUT2D eigenvalue weighted by atomic mass is 9.93. The quantitative estimate of drug-likeness (QED) is 0.817. The molecule has 0 bridgehead atoms. The zero-order valence-corrected chi connectivity index (χ0v) is 12.8. The van der Waals surface area contributed by atoms with Crippen LogP contribution < -0.4 is 10.0 Å². The molecule has 1 atom stereocenters. The molecule has 2 rings (SSSR count). The summed E-state index contributed by atoms with van der Waals surface area (Å²) < 4.78 is 25.1. The molecule has 0 saturated carbocycles. The van der Waals surface area contributed by atoms with Crippen LogP contribution in [0.3, 0.4) is 0 Å². The first-order valence-corrected chi connectivity index (χ1v) is 8.83. The van der Waals surface area contributed by atoms with Crippen molar-refractivity contribution in [3.8, 4) is 0 Å². The minimum Gasteiger partial charge on any atom is -0.352 e. The van der Waals surface area contributed by atoms with Crippen molar-refractivity contribution in [2.24, 2.45) is 5.92 Å². The Balaban J connectivity index is 1.99. The lowest BCUT2D eigenvalue weighted by Crippen LogP contribution is -2.31. The molecule has 114 valence electrons. The molecule has 21 heavy (non-hydrogen) atoms. The molecule has 6 heteroatoms. The van der Waals surface area contributed by atoms with E-state index in [0.29, 0.717) is 12.2 Å². The molecule has 1 amide bonds. The summed E-state index contributed by atoms with van der Waals surface area (Å²) in [5, 5.41) is 2.89. The molecule has 0 aromatic heterocycles. The molecule has 2 N–H and O–H groups in total. The van der Waals surface area contributed by atoms with Crippen molar-refractivity contribution < 1.29 is 13.2 Å². The van der Waals surface area contributed by atoms with Gasteiger partial charge >= 0.3 is 0 Å². The van der Waals surface area contributed by atoms with Gasteiger partial charge in [-0.05, 0) is 30.9 Å². The second kappa shape index (κ2) is 6.76. The number of anilines is 1. The van der Waals surface area contributed by atoms with E-state index >= 15 is 0 Å². The predicted octanol–water partition coefficient (Wildman–Crippen LogP) is 2.03. The van der Waals surface area contributed by atoms with E-state index in [9.17, 15) is 13.2 Å². The Bertz CT molecular complexity index is 638. The standard InChI is InChI=1S/C15H20N2O3S/c1-21(19,20)17-14-10-6-5-9-13(14)11-16-15(18)12-7-3-2-4-8-12/h2-3,5-6,9-10,12,17H,4,7-8,11H2,1H3,(H,16,18)/t12-/m0/s1. The van der Waals surface area contributed by atoms with Gasteiger partial charge in [0.15, 0.2) is 0 Å². The number of rotatable bonds is 5. The van der Waals surface area contributed by atoms with Gasteiger partial charge in [-0.2, -0.15) is 0 Å². The Labute approximate surface area is 125 Å². The van der Waals surface area contributed by atoms with Crippen LogP contribution in [0.1, 0.15) is 24.8 Å². The van der Waals surface area contributed by atoms with Crippen LogP contribution in [0.25, 0.3) is 0 Å². The van der Waals surface area contributed by atoms with Gasteiger partial charge in [-0.15, -0.1) is 0 Å². The largest absolute Gasteiger partial charge is 0.352 e. The van der Waals surface area contributed by atoms with Crippen molar-refractivity contribution >= 4 is 21.6 Å². The van der Waals surface area contributed by atoms with Gasteiger partial charge in [0, 0.05) is 12.5 Å². The third-order valence-electron chi connectivity index (χ3n) is 3.41. The molecule has 0 saturated heterocycles.